The minimum Gasteiger partial charge on any atom is -0.479 e. The fourth-order valence-corrected chi connectivity index (χ4v) is 1.21. The van der Waals surface area contributed by atoms with E-state index in [4.69, 9.17) is 9.84 Å². The van der Waals surface area contributed by atoms with Crippen LogP contribution >= 0.6 is 0 Å². The maximum atomic E-state index is 10.9. The Bertz CT molecular complexity index is 189. The molecule has 0 aromatic heterocycles. The van der Waals surface area contributed by atoms with Gasteiger partial charge in [-0.3, -0.25) is 0 Å². The summed E-state index contributed by atoms with van der Waals surface area (Å²) >= 11 is 0. The minimum absolute atomic E-state index is 0.319. The summed E-state index contributed by atoms with van der Waals surface area (Å²) in [6.07, 6.45) is 1.71. The fourth-order valence-electron chi connectivity index (χ4n) is 1.21. The second-order valence-corrected chi connectivity index (χ2v) is 4.86. The normalized spacial score (nSPS) is 19.9. The Morgan fingerprint density at radius 1 is 1.54 bits per heavy atom. The molecule has 1 saturated carbocycles. The molecule has 1 aliphatic rings. The number of hydrogen-bond donors (Lipinski definition) is 1. The van der Waals surface area contributed by atoms with Crippen LogP contribution in [0.5, 0.6) is 0 Å². The molecule has 0 radical (unpaired) electrons. The molecule has 0 bridgehead atoms. The summed E-state index contributed by atoms with van der Waals surface area (Å²) in [5, 5.41) is 8.92. The highest BCUT2D eigenvalue weighted by Gasteiger charge is 2.34. The molecular weight excluding hydrogens is 168 g/mol. The molecule has 0 amide bonds. The Hall–Kier alpha value is -0.570. The van der Waals surface area contributed by atoms with Gasteiger partial charge in [-0.1, -0.05) is 20.8 Å². The van der Waals surface area contributed by atoms with E-state index in [9.17, 15) is 4.79 Å². The molecule has 1 rings (SSSR count). The monoisotopic (exact) mass is 186 g/mol. The van der Waals surface area contributed by atoms with Crippen LogP contribution in [-0.2, 0) is 9.53 Å². The summed E-state index contributed by atoms with van der Waals surface area (Å²) in [5.41, 5.74) is -0.319. The van der Waals surface area contributed by atoms with Gasteiger partial charge >= 0.3 is 5.97 Å². The number of carboxylic acids is 1. The Morgan fingerprint density at radius 3 is 2.38 bits per heavy atom. The van der Waals surface area contributed by atoms with Crippen LogP contribution in [0.1, 0.15) is 33.6 Å². The number of hydrogen-bond acceptors (Lipinski definition) is 2. The molecule has 0 saturated heterocycles. The van der Waals surface area contributed by atoms with Crippen LogP contribution in [0.25, 0.3) is 0 Å². The second-order valence-electron chi connectivity index (χ2n) is 4.86. The van der Waals surface area contributed by atoms with E-state index in [1.807, 2.05) is 20.8 Å². The smallest absolute Gasteiger partial charge is 0.333 e. The largest absolute Gasteiger partial charge is 0.479 e. The van der Waals surface area contributed by atoms with Crippen LogP contribution < -0.4 is 0 Å². The highest BCUT2D eigenvalue weighted by molar-refractivity contribution is 5.73. The molecule has 76 valence electrons. The summed E-state index contributed by atoms with van der Waals surface area (Å²) in [6, 6.07) is 0. The first-order chi connectivity index (χ1) is 5.91. The number of ether oxygens (including phenoxy) is 1. The fraction of sp³-hybridized carbons (Fsp3) is 0.900. The van der Waals surface area contributed by atoms with Gasteiger partial charge in [-0.05, 0) is 24.2 Å². The maximum Gasteiger partial charge on any atom is 0.333 e. The molecular formula is C10H18O3. The Kier molecular flexibility index (Phi) is 2.96. The summed E-state index contributed by atoms with van der Waals surface area (Å²) in [6.45, 7) is 6.27. The molecule has 3 heteroatoms. The van der Waals surface area contributed by atoms with Gasteiger partial charge < -0.3 is 9.84 Å². The number of aliphatic carboxylic acids is 1. The summed E-state index contributed by atoms with van der Waals surface area (Å²) in [7, 11) is 0. The van der Waals surface area contributed by atoms with E-state index in [2.05, 4.69) is 0 Å². The van der Waals surface area contributed by atoms with Crippen LogP contribution in [-0.4, -0.2) is 23.8 Å². The van der Waals surface area contributed by atoms with E-state index in [0.29, 0.717) is 12.5 Å². The molecule has 0 aliphatic heterocycles. The number of rotatable bonds is 4. The van der Waals surface area contributed by atoms with Gasteiger partial charge in [0.2, 0.25) is 0 Å². The van der Waals surface area contributed by atoms with Crippen LogP contribution in [0.3, 0.4) is 0 Å². The van der Waals surface area contributed by atoms with Crippen molar-refractivity contribution in [1.82, 2.24) is 0 Å². The van der Waals surface area contributed by atoms with Crippen LogP contribution in [0, 0.1) is 11.3 Å². The first-order valence-corrected chi connectivity index (χ1v) is 4.75. The minimum atomic E-state index is -0.854. The summed E-state index contributed by atoms with van der Waals surface area (Å²) < 4.78 is 5.39. The lowest BCUT2D eigenvalue weighted by molar-refractivity contribution is -0.158. The number of carbonyl (C=O) groups is 1. The average molecular weight is 186 g/mol. The third kappa shape index (κ3) is 3.35. The van der Waals surface area contributed by atoms with Gasteiger partial charge in [0.25, 0.3) is 0 Å². The number of carboxylic acid groups (broad SMARTS) is 1. The molecule has 0 heterocycles. The summed E-state index contributed by atoms with van der Waals surface area (Å²) in [4.78, 5) is 10.9. The van der Waals surface area contributed by atoms with Gasteiger partial charge in [-0.2, -0.15) is 0 Å². The highest BCUT2D eigenvalue weighted by Crippen LogP contribution is 2.31. The zero-order valence-corrected chi connectivity index (χ0v) is 8.54. The van der Waals surface area contributed by atoms with Crippen molar-refractivity contribution in [3.05, 3.63) is 0 Å². The lowest BCUT2D eigenvalue weighted by Gasteiger charge is -2.26. The van der Waals surface area contributed by atoms with E-state index in [1.54, 1.807) is 0 Å². The Labute approximate surface area is 79.1 Å². The Balaban J connectivity index is 2.41. The van der Waals surface area contributed by atoms with Crippen LogP contribution in [0.4, 0.5) is 0 Å². The molecule has 1 fully saturated rings. The average Bonchev–Trinajstić information content (AvgIpc) is 2.66. The zero-order valence-electron chi connectivity index (χ0n) is 8.54. The van der Waals surface area contributed by atoms with Crippen LogP contribution in [0.2, 0.25) is 0 Å². The summed E-state index contributed by atoms with van der Waals surface area (Å²) in [5.74, 6) is -0.239. The first-order valence-electron chi connectivity index (χ1n) is 4.75. The topological polar surface area (TPSA) is 46.5 Å². The SMILES string of the molecule is CC(C)(C)[C@H](OCC1CC1)C(=O)O. The van der Waals surface area contributed by atoms with E-state index >= 15 is 0 Å². The predicted octanol–water partition coefficient (Wildman–Crippen LogP) is 1.91. The Morgan fingerprint density at radius 2 is 2.08 bits per heavy atom. The van der Waals surface area contributed by atoms with Crippen molar-refractivity contribution < 1.29 is 14.6 Å². The van der Waals surface area contributed by atoms with Crippen LogP contribution in [0.15, 0.2) is 0 Å². The van der Waals surface area contributed by atoms with Crippen molar-refractivity contribution in [2.24, 2.45) is 11.3 Å². The van der Waals surface area contributed by atoms with Gasteiger partial charge in [0.15, 0.2) is 6.10 Å². The van der Waals surface area contributed by atoms with E-state index in [0.717, 1.165) is 0 Å². The van der Waals surface area contributed by atoms with Crippen molar-refractivity contribution >= 4 is 5.97 Å². The molecule has 0 spiro atoms. The quantitative estimate of drug-likeness (QED) is 0.729. The zero-order chi connectivity index (χ0) is 10.1. The standard InChI is InChI=1S/C10H18O3/c1-10(2,3)8(9(11)12)13-6-7-4-5-7/h7-8H,4-6H2,1-3H3,(H,11,12)/t8-/m1/s1. The molecule has 3 nitrogen and oxygen atoms in total. The molecule has 0 unspecified atom stereocenters. The van der Waals surface area contributed by atoms with Crippen molar-refractivity contribution in [3.8, 4) is 0 Å². The van der Waals surface area contributed by atoms with Crippen molar-refractivity contribution in [2.75, 3.05) is 6.61 Å². The van der Waals surface area contributed by atoms with Gasteiger partial charge in [0.05, 0.1) is 6.61 Å². The van der Waals surface area contributed by atoms with Gasteiger partial charge in [0.1, 0.15) is 0 Å². The highest BCUT2D eigenvalue weighted by atomic mass is 16.5. The van der Waals surface area contributed by atoms with Gasteiger partial charge in [-0.15, -0.1) is 0 Å². The predicted molar refractivity (Wildman–Crippen MR) is 49.6 cm³/mol. The van der Waals surface area contributed by atoms with Gasteiger partial charge in [-0.25, -0.2) is 4.79 Å². The van der Waals surface area contributed by atoms with Gasteiger partial charge in [0, 0.05) is 0 Å². The molecule has 1 N–H and O–H groups in total. The lowest BCUT2D eigenvalue weighted by atomic mass is 9.89. The molecule has 0 aromatic carbocycles. The van der Waals surface area contributed by atoms with E-state index in [-0.39, 0.29) is 5.41 Å². The second kappa shape index (κ2) is 3.66. The van der Waals surface area contributed by atoms with Crippen molar-refractivity contribution in [3.63, 3.8) is 0 Å². The third-order valence-electron chi connectivity index (χ3n) is 2.21. The van der Waals surface area contributed by atoms with E-state index in [1.165, 1.54) is 12.8 Å². The maximum absolute atomic E-state index is 10.9. The molecule has 1 aliphatic carbocycles. The first kappa shape index (κ1) is 10.5. The van der Waals surface area contributed by atoms with Crippen molar-refractivity contribution in [2.45, 2.75) is 39.7 Å². The molecule has 1 atom stereocenters. The van der Waals surface area contributed by atoms with Crippen molar-refractivity contribution in [1.29, 1.82) is 0 Å². The lowest BCUT2D eigenvalue weighted by Crippen LogP contribution is -2.37. The molecule has 0 aromatic rings. The van der Waals surface area contributed by atoms with E-state index < -0.39 is 12.1 Å². The third-order valence-corrected chi connectivity index (χ3v) is 2.21. The molecule has 13 heavy (non-hydrogen) atoms.